The van der Waals surface area contributed by atoms with E-state index in [9.17, 15) is 14.7 Å². The molecule has 2 N–H and O–H groups in total. The average Bonchev–Trinajstić information content (AvgIpc) is 2.87. The van der Waals surface area contributed by atoms with Gasteiger partial charge in [0.15, 0.2) is 0 Å². The molecule has 0 aromatic heterocycles. The van der Waals surface area contributed by atoms with Crippen LogP contribution in [0.15, 0.2) is 42.5 Å². The number of ether oxygens (including phenoxy) is 1. The number of carbonyl (C=O) groups is 2. The number of benzene rings is 2. The van der Waals surface area contributed by atoms with Crippen molar-refractivity contribution in [1.29, 1.82) is 0 Å². The van der Waals surface area contributed by atoms with Crippen molar-refractivity contribution in [1.82, 2.24) is 3.53 Å². The molecule has 1 aliphatic rings. The van der Waals surface area contributed by atoms with Crippen molar-refractivity contribution in [2.45, 2.75) is 5.92 Å². The maximum absolute atomic E-state index is 11.6. The molecule has 1 unspecified atom stereocenters. The molecule has 6 heteroatoms. The number of hydrogen-bond donors (Lipinski definition) is 2. The van der Waals surface area contributed by atoms with E-state index >= 15 is 0 Å². The minimum atomic E-state index is -0.952. The molecule has 0 aliphatic heterocycles. The molecule has 1 amide bonds. The number of carboxylic acid groups (broad SMARTS) is 1. The van der Waals surface area contributed by atoms with Crippen LogP contribution in [0.4, 0.5) is 4.79 Å². The van der Waals surface area contributed by atoms with Gasteiger partial charge in [0, 0.05) is 0 Å². The van der Waals surface area contributed by atoms with Crippen LogP contribution in [0.5, 0.6) is 0 Å². The summed E-state index contributed by atoms with van der Waals surface area (Å²) in [4.78, 5) is 25.1. The zero-order chi connectivity index (χ0) is 16.4. The normalized spacial score (nSPS) is 14.9. The first-order chi connectivity index (χ1) is 11.1. The molecule has 1 atom stereocenters. The SMILES string of the molecule is C[I-]NC(=O)OCC1c2ccccc2-c2c(C(=O)O)cccc21. The van der Waals surface area contributed by atoms with Crippen LogP contribution in [0.3, 0.4) is 0 Å². The minimum absolute atomic E-state index is 0.138. The second-order valence-electron chi connectivity index (χ2n) is 5.10. The third-order valence-electron chi connectivity index (χ3n) is 3.86. The van der Waals surface area contributed by atoms with Crippen LogP contribution < -0.4 is 25.0 Å². The summed E-state index contributed by atoms with van der Waals surface area (Å²) >= 11 is -0.382. The molecule has 0 fully saturated rings. The third kappa shape index (κ3) is 2.90. The van der Waals surface area contributed by atoms with Crippen LogP contribution in [0, 0.1) is 0 Å². The van der Waals surface area contributed by atoms with E-state index in [4.69, 9.17) is 4.74 Å². The molecule has 1 aliphatic carbocycles. The topological polar surface area (TPSA) is 75.6 Å². The number of halogens is 1. The van der Waals surface area contributed by atoms with E-state index in [2.05, 4.69) is 3.53 Å². The first kappa shape index (κ1) is 15.8. The molecule has 3 rings (SSSR count). The maximum atomic E-state index is 11.6. The Morgan fingerprint density at radius 2 is 1.91 bits per heavy atom. The van der Waals surface area contributed by atoms with Gasteiger partial charge in [-0.15, -0.1) is 0 Å². The van der Waals surface area contributed by atoms with E-state index in [0.717, 1.165) is 22.3 Å². The standard InChI is InChI=1S/C17H15INO4/c1-18-19-17(22)23-9-14-10-5-2-3-6-11(10)15-12(14)7-4-8-13(15)16(20)21/h2-8,14H,9H2,1H3,(H,19,22)(H,20,21)/q-1. The molecule has 2 aromatic rings. The van der Waals surface area contributed by atoms with Crippen molar-refractivity contribution in [2.75, 3.05) is 11.5 Å². The van der Waals surface area contributed by atoms with Crippen LogP contribution >= 0.6 is 0 Å². The fraction of sp³-hybridized carbons (Fsp3) is 0.176. The molecule has 0 radical (unpaired) electrons. The van der Waals surface area contributed by atoms with E-state index in [-0.39, 0.29) is 39.6 Å². The summed E-state index contributed by atoms with van der Waals surface area (Å²) in [7, 11) is 0. The van der Waals surface area contributed by atoms with Gasteiger partial charge < -0.3 is 0 Å². The van der Waals surface area contributed by atoms with Gasteiger partial charge in [-0.1, -0.05) is 0 Å². The second-order valence-corrected chi connectivity index (χ2v) is 6.71. The summed E-state index contributed by atoms with van der Waals surface area (Å²) in [5.74, 6) is -1.09. The first-order valence-corrected chi connectivity index (χ1v) is 10.2. The van der Waals surface area contributed by atoms with E-state index in [1.54, 1.807) is 12.1 Å². The van der Waals surface area contributed by atoms with Gasteiger partial charge in [-0.3, -0.25) is 0 Å². The summed E-state index contributed by atoms with van der Waals surface area (Å²) in [6.07, 6.45) is -0.416. The molecule has 5 nitrogen and oxygen atoms in total. The zero-order valence-electron chi connectivity index (χ0n) is 12.4. The third-order valence-corrected chi connectivity index (χ3v) is 4.84. The van der Waals surface area contributed by atoms with Crippen molar-refractivity contribution >= 4 is 12.1 Å². The monoisotopic (exact) mass is 424 g/mol. The number of rotatable bonds is 4. The van der Waals surface area contributed by atoms with Gasteiger partial charge in [0.2, 0.25) is 0 Å². The van der Waals surface area contributed by atoms with Crippen molar-refractivity contribution in [3.63, 3.8) is 0 Å². The predicted octanol–water partition coefficient (Wildman–Crippen LogP) is -0.143. The average molecular weight is 424 g/mol. The van der Waals surface area contributed by atoms with E-state index in [1.165, 1.54) is 0 Å². The van der Waals surface area contributed by atoms with Crippen molar-refractivity contribution in [3.05, 3.63) is 59.2 Å². The number of carboxylic acids is 1. The number of carbonyl (C=O) groups excluding carboxylic acids is 1. The van der Waals surface area contributed by atoms with Crippen LogP contribution in [-0.4, -0.2) is 28.7 Å². The van der Waals surface area contributed by atoms with Crippen molar-refractivity contribution in [3.8, 4) is 11.1 Å². The first-order valence-electron chi connectivity index (χ1n) is 7.00. The molecule has 0 spiro atoms. The summed E-state index contributed by atoms with van der Waals surface area (Å²) in [6, 6.07) is 12.9. The van der Waals surface area contributed by atoms with Gasteiger partial charge in [0.1, 0.15) is 0 Å². The molecule has 120 valence electrons. The molecule has 2 aromatic carbocycles. The molecule has 0 heterocycles. The van der Waals surface area contributed by atoms with E-state index in [0.29, 0.717) is 0 Å². The second kappa shape index (κ2) is 6.57. The fourth-order valence-electron chi connectivity index (χ4n) is 2.98. The fourth-order valence-corrected chi connectivity index (χ4v) is 3.57. The Labute approximate surface area is 144 Å². The van der Waals surface area contributed by atoms with Gasteiger partial charge in [0.05, 0.1) is 0 Å². The van der Waals surface area contributed by atoms with Gasteiger partial charge in [0.25, 0.3) is 0 Å². The Balaban J connectivity index is 2.02. The predicted molar refractivity (Wildman–Crippen MR) is 81.1 cm³/mol. The Morgan fingerprint density at radius 1 is 1.17 bits per heavy atom. The summed E-state index contributed by atoms with van der Waals surface area (Å²) in [5, 5.41) is 9.46. The molecular weight excluding hydrogens is 409 g/mol. The van der Waals surface area contributed by atoms with E-state index in [1.807, 2.05) is 35.3 Å². The molecule has 0 saturated heterocycles. The van der Waals surface area contributed by atoms with Gasteiger partial charge in [-0.25, -0.2) is 0 Å². The van der Waals surface area contributed by atoms with Gasteiger partial charge in [-0.05, 0) is 0 Å². The Hall–Kier alpha value is -2.09. The van der Waals surface area contributed by atoms with Crippen LogP contribution in [0.2, 0.25) is 0 Å². The number of nitrogens with one attached hydrogen (secondary N) is 1. The number of amides is 1. The molecular formula is C17H15INO4-. The summed E-state index contributed by atoms with van der Waals surface area (Å²) in [5.41, 5.74) is 3.80. The molecule has 0 saturated carbocycles. The quantitative estimate of drug-likeness (QED) is 0.407. The Bertz CT molecular complexity index is 775. The Morgan fingerprint density at radius 3 is 2.65 bits per heavy atom. The van der Waals surface area contributed by atoms with Gasteiger partial charge >= 0.3 is 144 Å². The van der Waals surface area contributed by atoms with Crippen LogP contribution in [0.1, 0.15) is 27.4 Å². The van der Waals surface area contributed by atoms with Crippen LogP contribution in [0.25, 0.3) is 11.1 Å². The zero-order valence-corrected chi connectivity index (χ0v) is 14.5. The molecule has 0 bridgehead atoms. The van der Waals surface area contributed by atoms with Crippen molar-refractivity contribution < 1.29 is 40.9 Å². The number of alkyl halides is 1. The van der Waals surface area contributed by atoms with Crippen molar-refractivity contribution in [2.24, 2.45) is 0 Å². The van der Waals surface area contributed by atoms with Gasteiger partial charge in [-0.2, -0.15) is 0 Å². The molecule has 23 heavy (non-hydrogen) atoms. The number of fused-ring (bicyclic) bond motifs is 3. The summed E-state index contributed by atoms with van der Waals surface area (Å²) < 4.78 is 8.01. The summed E-state index contributed by atoms with van der Waals surface area (Å²) in [6.45, 7) is 0.197. The number of aromatic carboxylic acids is 1. The number of hydrogen-bond acceptors (Lipinski definition) is 3. The van der Waals surface area contributed by atoms with Crippen LogP contribution in [-0.2, 0) is 4.74 Å². The Kier molecular flexibility index (Phi) is 4.51. The van der Waals surface area contributed by atoms with E-state index < -0.39 is 12.1 Å².